The molecule has 0 amide bonds. The summed E-state index contributed by atoms with van der Waals surface area (Å²) in [5.74, 6) is 0. The van der Waals surface area contributed by atoms with Gasteiger partial charge in [-0.15, -0.1) is 0 Å². The summed E-state index contributed by atoms with van der Waals surface area (Å²) in [5, 5.41) is 2.26. The highest BCUT2D eigenvalue weighted by atomic mass is 16.7. The van der Waals surface area contributed by atoms with Crippen molar-refractivity contribution in [3.05, 3.63) is 35.9 Å². The predicted octanol–water partition coefficient (Wildman–Crippen LogP) is 4.59. The Hall–Kier alpha value is -0.860. The fraction of sp³-hybridized carbons (Fsp3) is 0.667. The topological polar surface area (TPSA) is 12.5 Å². The molecule has 0 N–H and O–H groups in total. The monoisotopic (exact) mass is 275 g/mol. The Morgan fingerprint density at radius 3 is 2.20 bits per heavy atom. The number of aryl methyl sites for hydroxylation is 1. The third-order valence-corrected chi connectivity index (χ3v) is 4.35. The van der Waals surface area contributed by atoms with Gasteiger partial charge in [0.25, 0.3) is 0 Å². The maximum Gasteiger partial charge on any atom is 0.0688 e. The minimum Gasteiger partial charge on any atom is -0.298 e. The third kappa shape index (κ3) is 3.83. The van der Waals surface area contributed by atoms with Gasteiger partial charge >= 0.3 is 0 Å². The summed E-state index contributed by atoms with van der Waals surface area (Å²) in [6.07, 6.45) is 5.90. The molecule has 1 aromatic carbocycles. The second kappa shape index (κ2) is 6.28. The van der Waals surface area contributed by atoms with E-state index < -0.39 is 0 Å². The number of nitrogens with zero attached hydrogens (tertiary/aromatic N) is 1. The number of benzene rings is 1. The lowest BCUT2D eigenvalue weighted by Gasteiger charge is -2.51. The van der Waals surface area contributed by atoms with Crippen LogP contribution in [0.5, 0.6) is 0 Å². The SMILES string of the molecule is CC1(C)CCCC(C)(C)N1OCCCc1ccccc1. The van der Waals surface area contributed by atoms with Gasteiger partial charge in [0.2, 0.25) is 0 Å². The van der Waals surface area contributed by atoms with Crippen LogP contribution in [0, 0.1) is 0 Å². The highest BCUT2D eigenvalue weighted by molar-refractivity contribution is 5.14. The lowest BCUT2D eigenvalue weighted by molar-refractivity contribution is -0.280. The van der Waals surface area contributed by atoms with Crippen LogP contribution in [-0.4, -0.2) is 22.7 Å². The van der Waals surface area contributed by atoms with Crippen LogP contribution in [0.15, 0.2) is 30.3 Å². The lowest BCUT2D eigenvalue weighted by Crippen LogP contribution is -2.58. The van der Waals surface area contributed by atoms with E-state index >= 15 is 0 Å². The summed E-state index contributed by atoms with van der Waals surface area (Å²) < 4.78 is 0. The largest absolute Gasteiger partial charge is 0.298 e. The molecular formula is C18H29NO. The Kier molecular flexibility index (Phi) is 4.87. The molecule has 0 aromatic heterocycles. The summed E-state index contributed by atoms with van der Waals surface area (Å²) in [6.45, 7) is 9.99. The summed E-state index contributed by atoms with van der Waals surface area (Å²) in [5.41, 5.74) is 1.69. The Bertz CT molecular complexity index is 395. The van der Waals surface area contributed by atoms with Crippen LogP contribution in [0.1, 0.15) is 58.9 Å². The molecule has 1 fully saturated rings. The van der Waals surface area contributed by atoms with Crippen LogP contribution in [0.3, 0.4) is 0 Å². The van der Waals surface area contributed by atoms with Crippen LogP contribution in [0.2, 0.25) is 0 Å². The quantitative estimate of drug-likeness (QED) is 0.728. The van der Waals surface area contributed by atoms with Gasteiger partial charge in [0.05, 0.1) is 6.61 Å². The molecule has 2 nitrogen and oxygen atoms in total. The summed E-state index contributed by atoms with van der Waals surface area (Å²) in [6, 6.07) is 10.7. The van der Waals surface area contributed by atoms with Crippen molar-refractivity contribution in [2.45, 2.75) is 70.9 Å². The molecule has 0 saturated carbocycles. The third-order valence-electron chi connectivity index (χ3n) is 4.35. The smallest absolute Gasteiger partial charge is 0.0688 e. The molecule has 0 radical (unpaired) electrons. The van der Waals surface area contributed by atoms with Crippen molar-refractivity contribution in [2.75, 3.05) is 6.61 Å². The Labute approximate surface area is 124 Å². The summed E-state index contributed by atoms with van der Waals surface area (Å²) >= 11 is 0. The first-order chi connectivity index (χ1) is 9.42. The Morgan fingerprint density at radius 1 is 1.00 bits per heavy atom. The first-order valence-electron chi connectivity index (χ1n) is 7.89. The average molecular weight is 275 g/mol. The molecule has 1 saturated heterocycles. The van der Waals surface area contributed by atoms with Crippen molar-refractivity contribution >= 4 is 0 Å². The van der Waals surface area contributed by atoms with Gasteiger partial charge in [0.15, 0.2) is 0 Å². The molecule has 1 aromatic rings. The highest BCUT2D eigenvalue weighted by Gasteiger charge is 2.42. The number of hydrogen-bond acceptors (Lipinski definition) is 2. The summed E-state index contributed by atoms with van der Waals surface area (Å²) in [7, 11) is 0. The van der Waals surface area contributed by atoms with Gasteiger partial charge in [0, 0.05) is 11.1 Å². The average Bonchev–Trinajstić information content (AvgIpc) is 2.37. The number of piperidine rings is 1. The van der Waals surface area contributed by atoms with Gasteiger partial charge in [-0.25, -0.2) is 0 Å². The molecule has 0 bridgehead atoms. The van der Waals surface area contributed by atoms with Gasteiger partial charge in [-0.05, 0) is 65.4 Å². The standard InChI is InChI=1S/C18H29NO/c1-17(2)13-9-14-18(3,4)19(17)20-15-8-12-16-10-6-5-7-11-16/h5-7,10-11H,8-9,12-15H2,1-4H3. The first kappa shape index (κ1) is 15.5. The predicted molar refractivity (Wildman–Crippen MR) is 84.6 cm³/mol. The molecule has 20 heavy (non-hydrogen) atoms. The van der Waals surface area contributed by atoms with E-state index in [0.717, 1.165) is 19.4 Å². The van der Waals surface area contributed by atoms with Crippen LogP contribution in [0.4, 0.5) is 0 Å². The minimum absolute atomic E-state index is 0.147. The lowest BCUT2D eigenvalue weighted by atomic mass is 9.82. The molecule has 0 aliphatic carbocycles. The van der Waals surface area contributed by atoms with Gasteiger partial charge in [0.1, 0.15) is 0 Å². The first-order valence-corrected chi connectivity index (χ1v) is 7.89. The number of hydrogen-bond donors (Lipinski definition) is 0. The van der Waals surface area contributed by atoms with Crippen molar-refractivity contribution in [1.29, 1.82) is 0 Å². The van der Waals surface area contributed by atoms with E-state index in [2.05, 4.69) is 63.1 Å². The van der Waals surface area contributed by atoms with Gasteiger partial charge in [-0.2, -0.15) is 5.06 Å². The van der Waals surface area contributed by atoms with Crippen LogP contribution < -0.4 is 0 Å². The molecule has 0 atom stereocenters. The van der Waals surface area contributed by atoms with Gasteiger partial charge in [-0.1, -0.05) is 30.3 Å². The van der Waals surface area contributed by atoms with Crippen LogP contribution in [-0.2, 0) is 11.3 Å². The van der Waals surface area contributed by atoms with E-state index in [4.69, 9.17) is 4.84 Å². The van der Waals surface area contributed by atoms with E-state index in [0.29, 0.717) is 0 Å². The number of hydroxylamine groups is 2. The Balaban J connectivity index is 1.83. The number of rotatable bonds is 5. The van der Waals surface area contributed by atoms with E-state index in [-0.39, 0.29) is 11.1 Å². The fourth-order valence-corrected chi connectivity index (χ4v) is 3.40. The molecule has 1 heterocycles. The molecule has 1 aliphatic heterocycles. The van der Waals surface area contributed by atoms with Crippen LogP contribution >= 0.6 is 0 Å². The van der Waals surface area contributed by atoms with Gasteiger partial charge < -0.3 is 0 Å². The molecule has 2 rings (SSSR count). The zero-order valence-electron chi connectivity index (χ0n) is 13.5. The zero-order chi connectivity index (χ0) is 14.6. The molecular weight excluding hydrogens is 246 g/mol. The Morgan fingerprint density at radius 2 is 1.60 bits per heavy atom. The molecule has 112 valence electrons. The van der Waals surface area contributed by atoms with E-state index in [1.807, 2.05) is 0 Å². The normalized spacial score (nSPS) is 21.8. The van der Waals surface area contributed by atoms with E-state index in [1.165, 1.54) is 24.8 Å². The van der Waals surface area contributed by atoms with Crippen molar-refractivity contribution in [3.63, 3.8) is 0 Å². The fourth-order valence-electron chi connectivity index (χ4n) is 3.40. The van der Waals surface area contributed by atoms with Crippen LogP contribution in [0.25, 0.3) is 0 Å². The van der Waals surface area contributed by atoms with E-state index in [1.54, 1.807) is 0 Å². The minimum atomic E-state index is 0.147. The van der Waals surface area contributed by atoms with E-state index in [9.17, 15) is 0 Å². The van der Waals surface area contributed by atoms with Crippen molar-refractivity contribution in [1.82, 2.24) is 5.06 Å². The molecule has 2 heteroatoms. The second-order valence-corrected chi connectivity index (χ2v) is 7.20. The zero-order valence-corrected chi connectivity index (χ0v) is 13.5. The highest BCUT2D eigenvalue weighted by Crippen LogP contribution is 2.38. The molecule has 1 aliphatic rings. The maximum atomic E-state index is 6.17. The van der Waals surface area contributed by atoms with Gasteiger partial charge in [-0.3, -0.25) is 4.84 Å². The second-order valence-electron chi connectivity index (χ2n) is 7.20. The molecule has 0 spiro atoms. The molecule has 0 unspecified atom stereocenters. The maximum absolute atomic E-state index is 6.17. The van der Waals surface area contributed by atoms with Crippen molar-refractivity contribution < 1.29 is 4.84 Å². The summed E-state index contributed by atoms with van der Waals surface area (Å²) in [4.78, 5) is 6.17. The van der Waals surface area contributed by atoms with Crippen molar-refractivity contribution in [3.8, 4) is 0 Å². The van der Waals surface area contributed by atoms with Crippen molar-refractivity contribution in [2.24, 2.45) is 0 Å².